The summed E-state index contributed by atoms with van der Waals surface area (Å²) in [6.07, 6.45) is 0. The molecule has 1 heterocycles. The Bertz CT molecular complexity index is 239. The maximum atomic E-state index is 8.76. The highest BCUT2D eigenvalue weighted by molar-refractivity contribution is 9.10. The maximum Gasteiger partial charge on any atom is 0.0582 e. The summed E-state index contributed by atoms with van der Waals surface area (Å²) in [6, 6.07) is 2.20. The van der Waals surface area contributed by atoms with E-state index in [-0.39, 0.29) is 12.6 Å². The first-order valence-corrected chi connectivity index (χ1v) is 5.47. The molecule has 0 saturated heterocycles. The summed E-state index contributed by atoms with van der Waals surface area (Å²) in [7, 11) is 0. The van der Waals surface area contributed by atoms with Gasteiger partial charge in [0.1, 0.15) is 0 Å². The highest BCUT2D eigenvalue weighted by Crippen LogP contribution is 2.22. The second kappa shape index (κ2) is 4.97. The molecule has 68 valence electrons. The monoisotopic (exact) mass is 249 g/mol. The van der Waals surface area contributed by atoms with Crippen LogP contribution in [0, 0.1) is 0 Å². The molecule has 0 spiro atoms. The van der Waals surface area contributed by atoms with Crippen LogP contribution >= 0.6 is 27.3 Å². The summed E-state index contributed by atoms with van der Waals surface area (Å²) in [5.41, 5.74) is 0. The fourth-order valence-corrected chi connectivity index (χ4v) is 2.23. The van der Waals surface area contributed by atoms with Crippen LogP contribution in [0.2, 0.25) is 0 Å². The molecule has 1 aromatic heterocycles. The van der Waals surface area contributed by atoms with Gasteiger partial charge in [-0.2, -0.15) is 0 Å². The summed E-state index contributed by atoms with van der Waals surface area (Å²) >= 11 is 5.16. The van der Waals surface area contributed by atoms with Crippen LogP contribution in [0.1, 0.15) is 11.8 Å². The lowest BCUT2D eigenvalue weighted by Gasteiger charge is -2.09. The summed E-state index contributed by atoms with van der Waals surface area (Å²) in [6.45, 7) is 2.96. The van der Waals surface area contributed by atoms with Crippen molar-refractivity contribution in [3.8, 4) is 0 Å². The lowest BCUT2D eigenvalue weighted by Crippen LogP contribution is -2.28. The van der Waals surface area contributed by atoms with Gasteiger partial charge < -0.3 is 10.4 Å². The number of hydrogen-bond donors (Lipinski definition) is 2. The number of nitrogens with one attached hydrogen (secondary N) is 1. The van der Waals surface area contributed by atoms with Gasteiger partial charge in [-0.1, -0.05) is 0 Å². The highest BCUT2D eigenvalue weighted by Gasteiger charge is 2.02. The van der Waals surface area contributed by atoms with E-state index in [1.54, 1.807) is 11.3 Å². The molecule has 0 aliphatic rings. The van der Waals surface area contributed by atoms with E-state index in [4.69, 9.17) is 5.11 Å². The molecule has 0 bridgehead atoms. The van der Waals surface area contributed by atoms with Crippen LogP contribution in [-0.2, 0) is 6.54 Å². The summed E-state index contributed by atoms with van der Waals surface area (Å²) in [5, 5.41) is 14.0. The minimum Gasteiger partial charge on any atom is -0.395 e. The van der Waals surface area contributed by atoms with Gasteiger partial charge in [-0.3, -0.25) is 0 Å². The van der Waals surface area contributed by atoms with Crippen molar-refractivity contribution >= 4 is 27.3 Å². The molecule has 0 fully saturated rings. The summed E-state index contributed by atoms with van der Waals surface area (Å²) in [4.78, 5) is 1.27. The number of rotatable bonds is 4. The standard InChI is InChI=1S/C8H12BrNOS/c1-6(5-11)10-4-8-7(9)2-3-12-8/h2-3,6,10-11H,4-5H2,1H3/t6-/m0/s1. The fraction of sp³-hybridized carbons (Fsp3) is 0.500. The van der Waals surface area contributed by atoms with Crippen LogP contribution < -0.4 is 5.32 Å². The molecule has 2 nitrogen and oxygen atoms in total. The number of hydrogen-bond acceptors (Lipinski definition) is 3. The minimum absolute atomic E-state index is 0.166. The van der Waals surface area contributed by atoms with E-state index in [9.17, 15) is 0 Å². The van der Waals surface area contributed by atoms with Gasteiger partial charge in [0, 0.05) is 21.9 Å². The smallest absolute Gasteiger partial charge is 0.0582 e. The second-order valence-corrected chi connectivity index (χ2v) is 4.51. The van der Waals surface area contributed by atoms with Gasteiger partial charge in [-0.05, 0) is 34.3 Å². The van der Waals surface area contributed by atoms with E-state index in [0.29, 0.717) is 0 Å². The van der Waals surface area contributed by atoms with Gasteiger partial charge in [0.05, 0.1) is 6.61 Å². The Morgan fingerprint density at radius 2 is 2.50 bits per heavy atom. The zero-order chi connectivity index (χ0) is 8.97. The van der Waals surface area contributed by atoms with Crippen molar-refractivity contribution in [3.05, 3.63) is 20.8 Å². The number of thiophene rings is 1. The average molecular weight is 250 g/mol. The zero-order valence-electron chi connectivity index (χ0n) is 6.88. The molecular formula is C8H12BrNOS. The third-order valence-corrected chi connectivity index (χ3v) is 3.50. The number of halogens is 1. The van der Waals surface area contributed by atoms with Crippen LogP contribution in [0.4, 0.5) is 0 Å². The predicted octanol–water partition coefficient (Wildman–Crippen LogP) is 1.98. The number of aliphatic hydroxyl groups is 1. The molecular weight excluding hydrogens is 238 g/mol. The minimum atomic E-state index is 0.166. The van der Waals surface area contributed by atoms with Crippen molar-refractivity contribution in [1.82, 2.24) is 5.32 Å². The lowest BCUT2D eigenvalue weighted by atomic mass is 10.3. The Balaban J connectivity index is 2.38. The third kappa shape index (κ3) is 2.86. The molecule has 0 aliphatic carbocycles. The lowest BCUT2D eigenvalue weighted by molar-refractivity contribution is 0.251. The first-order chi connectivity index (χ1) is 5.74. The van der Waals surface area contributed by atoms with E-state index in [1.807, 2.05) is 18.4 Å². The first-order valence-electron chi connectivity index (χ1n) is 3.80. The quantitative estimate of drug-likeness (QED) is 0.856. The van der Waals surface area contributed by atoms with Crippen molar-refractivity contribution < 1.29 is 5.11 Å². The molecule has 4 heteroatoms. The van der Waals surface area contributed by atoms with E-state index in [0.717, 1.165) is 11.0 Å². The molecule has 1 aromatic rings. The van der Waals surface area contributed by atoms with Crippen LogP contribution in [0.15, 0.2) is 15.9 Å². The molecule has 0 unspecified atom stereocenters. The first kappa shape index (κ1) is 10.2. The Labute approximate surface area is 84.7 Å². The second-order valence-electron chi connectivity index (χ2n) is 2.66. The van der Waals surface area contributed by atoms with Gasteiger partial charge in [-0.15, -0.1) is 11.3 Å². The molecule has 0 amide bonds. The molecule has 0 aliphatic heterocycles. The molecule has 0 saturated carbocycles. The molecule has 1 rings (SSSR count). The third-order valence-electron chi connectivity index (χ3n) is 1.58. The normalized spacial score (nSPS) is 13.2. The van der Waals surface area contributed by atoms with Crippen LogP contribution in [0.3, 0.4) is 0 Å². The highest BCUT2D eigenvalue weighted by atomic mass is 79.9. The average Bonchev–Trinajstić information content (AvgIpc) is 2.47. The number of aliphatic hydroxyl groups excluding tert-OH is 1. The molecule has 2 N–H and O–H groups in total. The van der Waals surface area contributed by atoms with Gasteiger partial charge in [0.2, 0.25) is 0 Å². The SMILES string of the molecule is C[C@@H](CO)NCc1sccc1Br. The van der Waals surface area contributed by atoms with Crippen molar-refractivity contribution in [2.24, 2.45) is 0 Å². The van der Waals surface area contributed by atoms with E-state index < -0.39 is 0 Å². The molecule has 0 radical (unpaired) electrons. The van der Waals surface area contributed by atoms with E-state index in [2.05, 4.69) is 21.2 Å². The molecule has 12 heavy (non-hydrogen) atoms. The summed E-state index contributed by atoms with van der Waals surface area (Å²) < 4.78 is 1.14. The van der Waals surface area contributed by atoms with Crippen LogP contribution in [-0.4, -0.2) is 17.8 Å². The molecule has 1 atom stereocenters. The molecule has 0 aromatic carbocycles. The Kier molecular flexibility index (Phi) is 4.21. The van der Waals surface area contributed by atoms with Gasteiger partial charge in [0.15, 0.2) is 0 Å². The van der Waals surface area contributed by atoms with Gasteiger partial charge >= 0.3 is 0 Å². The van der Waals surface area contributed by atoms with Crippen LogP contribution in [0.25, 0.3) is 0 Å². The maximum absolute atomic E-state index is 8.76. The summed E-state index contributed by atoms with van der Waals surface area (Å²) in [5.74, 6) is 0. The Morgan fingerprint density at radius 3 is 3.00 bits per heavy atom. The van der Waals surface area contributed by atoms with Crippen molar-refractivity contribution in [2.75, 3.05) is 6.61 Å². The van der Waals surface area contributed by atoms with E-state index in [1.165, 1.54) is 4.88 Å². The van der Waals surface area contributed by atoms with Crippen molar-refractivity contribution in [3.63, 3.8) is 0 Å². The van der Waals surface area contributed by atoms with Crippen molar-refractivity contribution in [1.29, 1.82) is 0 Å². The van der Waals surface area contributed by atoms with Gasteiger partial charge in [0.25, 0.3) is 0 Å². The Hall–Kier alpha value is 0.100. The largest absolute Gasteiger partial charge is 0.395 e. The van der Waals surface area contributed by atoms with E-state index >= 15 is 0 Å². The van der Waals surface area contributed by atoms with Gasteiger partial charge in [-0.25, -0.2) is 0 Å². The fourth-order valence-electron chi connectivity index (χ4n) is 0.783. The Morgan fingerprint density at radius 1 is 1.75 bits per heavy atom. The topological polar surface area (TPSA) is 32.3 Å². The van der Waals surface area contributed by atoms with Crippen molar-refractivity contribution in [2.45, 2.75) is 19.5 Å². The van der Waals surface area contributed by atoms with Crippen LogP contribution in [0.5, 0.6) is 0 Å². The zero-order valence-corrected chi connectivity index (χ0v) is 9.28. The predicted molar refractivity (Wildman–Crippen MR) is 55.4 cm³/mol.